The predicted octanol–water partition coefficient (Wildman–Crippen LogP) is 3.19. The predicted molar refractivity (Wildman–Crippen MR) is 76.0 cm³/mol. The Morgan fingerprint density at radius 3 is 2.68 bits per heavy atom. The summed E-state index contributed by atoms with van der Waals surface area (Å²) >= 11 is 0. The molecule has 0 aliphatic heterocycles. The molecule has 98 valence electrons. The van der Waals surface area contributed by atoms with Crippen molar-refractivity contribution >= 4 is 5.91 Å². The van der Waals surface area contributed by atoms with Crippen LogP contribution in [0.25, 0.3) is 0 Å². The fraction of sp³-hybridized carbons (Fsp3) is 0.250. The largest absolute Gasteiger partial charge is 0.345 e. The minimum absolute atomic E-state index is 0.0474. The van der Waals surface area contributed by atoms with Crippen molar-refractivity contribution in [2.75, 3.05) is 0 Å². The number of carbonyl (C=O) groups is 1. The van der Waals surface area contributed by atoms with Gasteiger partial charge in [0, 0.05) is 18.0 Å². The Labute approximate surface area is 113 Å². The molecular weight excluding hydrogens is 236 g/mol. The first-order chi connectivity index (χ1) is 9.08. The van der Waals surface area contributed by atoms with Crippen LogP contribution in [-0.4, -0.2) is 10.9 Å². The SMILES string of the molecule is Cc1ccc(C(=O)NC(C)c2cccnc2)c(C)c1. The standard InChI is InChI=1S/C16H18N2O/c1-11-6-7-15(12(2)9-11)16(19)18-13(3)14-5-4-8-17-10-14/h4-10,13H,1-3H3,(H,18,19). The Bertz CT molecular complexity index is 579. The van der Waals surface area contributed by atoms with E-state index in [0.717, 1.165) is 22.3 Å². The third kappa shape index (κ3) is 3.19. The molecule has 1 aromatic carbocycles. The van der Waals surface area contributed by atoms with E-state index in [1.165, 1.54) is 0 Å². The van der Waals surface area contributed by atoms with Crippen molar-refractivity contribution in [1.82, 2.24) is 10.3 Å². The number of aromatic nitrogens is 1. The number of pyridine rings is 1. The number of hydrogen-bond acceptors (Lipinski definition) is 2. The van der Waals surface area contributed by atoms with E-state index in [9.17, 15) is 4.79 Å². The highest BCUT2D eigenvalue weighted by molar-refractivity contribution is 5.95. The summed E-state index contributed by atoms with van der Waals surface area (Å²) in [6, 6.07) is 9.62. The van der Waals surface area contributed by atoms with E-state index >= 15 is 0 Å². The molecule has 0 aliphatic carbocycles. The smallest absolute Gasteiger partial charge is 0.252 e. The zero-order chi connectivity index (χ0) is 13.8. The van der Waals surface area contributed by atoms with Crippen LogP contribution in [0.3, 0.4) is 0 Å². The Morgan fingerprint density at radius 1 is 1.26 bits per heavy atom. The molecule has 1 unspecified atom stereocenters. The molecule has 2 aromatic rings. The van der Waals surface area contributed by atoms with Crippen molar-refractivity contribution < 1.29 is 4.79 Å². The van der Waals surface area contributed by atoms with E-state index in [2.05, 4.69) is 10.3 Å². The molecule has 0 saturated carbocycles. The highest BCUT2D eigenvalue weighted by Gasteiger charge is 2.13. The molecule has 1 heterocycles. The normalized spacial score (nSPS) is 11.9. The summed E-state index contributed by atoms with van der Waals surface area (Å²) in [7, 11) is 0. The molecule has 0 bridgehead atoms. The molecule has 0 radical (unpaired) electrons. The lowest BCUT2D eigenvalue weighted by Crippen LogP contribution is -2.27. The lowest BCUT2D eigenvalue weighted by molar-refractivity contribution is 0.0939. The molecule has 0 spiro atoms. The third-order valence-corrected chi connectivity index (χ3v) is 3.16. The lowest BCUT2D eigenvalue weighted by Gasteiger charge is -2.15. The van der Waals surface area contributed by atoms with Gasteiger partial charge in [-0.3, -0.25) is 9.78 Å². The number of aryl methyl sites for hydroxylation is 2. The van der Waals surface area contributed by atoms with Gasteiger partial charge >= 0.3 is 0 Å². The van der Waals surface area contributed by atoms with Crippen LogP contribution in [0.4, 0.5) is 0 Å². The van der Waals surface area contributed by atoms with Gasteiger partial charge in [-0.05, 0) is 44.0 Å². The second-order valence-electron chi connectivity index (χ2n) is 4.80. The van der Waals surface area contributed by atoms with Gasteiger partial charge in [0.15, 0.2) is 0 Å². The summed E-state index contributed by atoms with van der Waals surface area (Å²) < 4.78 is 0. The van der Waals surface area contributed by atoms with Crippen molar-refractivity contribution in [2.45, 2.75) is 26.8 Å². The molecule has 19 heavy (non-hydrogen) atoms. The second kappa shape index (κ2) is 5.65. The van der Waals surface area contributed by atoms with Crippen molar-refractivity contribution in [3.05, 3.63) is 65.0 Å². The topological polar surface area (TPSA) is 42.0 Å². The molecule has 2 rings (SSSR count). The first-order valence-corrected chi connectivity index (χ1v) is 6.36. The van der Waals surface area contributed by atoms with E-state index < -0.39 is 0 Å². The number of hydrogen-bond donors (Lipinski definition) is 1. The van der Waals surface area contributed by atoms with Crippen LogP contribution < -0.4 is 5.32 Å². The Kier molecular flexibility index (Phi) is 3.95. The monoisotopic (exact) mass is 254 g/mol. The molecule has 1 amide bonds. The van der Waals surface area contributed by atoms with Crippen LogP contribution >= 0.6 is 0 Å². The molecule has 1 aromatic heterocycles. The van der Waals surface area contributed by atoms with Gasteiger partial charge < -0.3 is 5.32 Å². The van der Waals surface area contributed by atoms with Gasteiger partial charge in [-0.25, -0.2) is 0 Å². The van der Waals surface area contributed by atoms with Crippen LogP contribution in [0.1, 0.15) is 40.0 Å². The summed E-state index contributed by atoms with van der Waals surface area (Å²) in [5.74, 6) is -0.0474. The van der Waals surface area contributed by atoms with Gasteiger partial charge in [0.1, 0.15) is 0 Å². The first-order valence-electron chi connectivity index (χ1n) is 6.36. The fourth-order valence-electron chi connectivity index (χ4n) is 2.06. The van der Waals surface area contributed by atoms with Crippen LogP contribution in [0.5, 0.6) is 0 Å². The minimum atomic E-state index is -0.0538. The Balaban J connectivity index is 2.13. The van der Waals surface area contributed by atoms with Crippen molar-refractivity contribution in [3.63, 3.8) is 0 Å². The maximum atomic E-state index is 12.2. The van der Waals surface area contributed by atoms with E-state index in [-0.39, 0.29) is 11.9 Å². The van der Waals surface area contributed by atoms with Crippen LogP contribution in [0, 0.1) is 13.8 Å². The van der Waals surface area contributed by atoms with Crippen molar-refractivity contribution in [1.29, 1.82) is 0 Å². The van der Waals surface area contributed by atoms with E-state index in [1.807, 2.05) is 51.1 Å². The average molecular weight is 254 g/mol. The van der Waals surface area contributed by atoms with E-state index in [0.29, 0.717) is 0 Å². The Hall–Kier alpha value is -2.16. The number of amides is 1. The summed E-state index contributed by atoms with van der Waals surface area (Å²) in [4.78, 5) is 16.3. The van der Waals surface area contributed by atoms with Crippen molar-refractivity contribution in [3.8, 4) is 0 Å². The number of nitrogens with one attached hydrogen (secondary N) is 1. The molecule has 0 fully saturated rings. The molecule has 0 saturated heterocycles. The highest BCUT2D eigenvalue weighted by atomic mass is 16.1. The average Bonchev–Trinajstić information content (AvgIpc) is 2.39. The zero-order valence-corrected chi connectivity index (χ0v) is 11.5. The van der Waals surface area contributed by atoms with Crippen molar-refractivity contribution in [2.24, 2.45) is 0 Å². The number of rotatable bonds is 3. The maximum Gasteiger partial charge on any atom is 0.252 e. The molecule has 1 atom stereocenters. The number of benzene rings is 1. The van der Waals surface area contributed by atoms with Gasteiger partial charge in [0.2, 0.25) is 0 Å². The maximum absolute atomic E-state index is 12.2. The molecular formula is C16H18N2O. The zero-order valence-electron chi connectivity index (χ0n) is 11.5. The summed E-state index contributed by atoms with van der Waals surface area (Å²) in [5.41, 5.74) is 3.88. The number of carbonyl (C=O) groups excluding carboxylic acids is 1. The van der Waals surface area contributed by atoms with Crippen LogP contribution in [-0.2, 0) is 0 Å². The van der Waals surface area contributed by atoms with Gasteiger partial charge in [0.05, 0.1) is 6.04 Å². The first kappa shape index (κ1) is 13.3. The van der Waals surface area contributed by atoms with Gasteiger partial charge in [-0.1, -0.05) is 23.8 Å². The van der Waals surface area contributed by atoms with Gasteiger partial charge in [-0.15, -0.1) is 0 Å². The minimum Gasteiger partial charge on any atom is -0.345 e. The van der Waals surface area contributed by atoms with Gasteiger partial charge in [-0.2, -0.15) is 0 Å². The molecule has 0 aliphatic rings. The third-order valence-electron chi connectivity index (χ3n) is 3.16. The molecule has 1 N–H and O–H groups in total. The molecule has 3 nitrogen and oxygen atoms in total. The second-order valence-corrected chi connectivity index (χ2v) is 4.80. The van der Waals surface area contributed by atoms with Crippen LogP contribution in [0.15, 0.2) is 42.7 Å². The highest BCUT2D eigenvalue weighted by Crippen LogP contribution is 2.14. The quantitative estimate of drug-likeness (QED) is 0.914. The van der Waals surface area contributed by atoms with Gasteiger partial charge in [0.25, 0.3) is 5.91 Å². The molecule has 3 heteroatoms. The fourth-order valence-corrected chi connectivity index (χ4v) is 2.06. The van der Waals surface area contributed by atoms with E-state index in [4.69, 9.17) is 0 Å². The summed E-state index contributed by atoms with van der Waals surface area (Å²) in [6.07, 6.45) is 3.50. The number of nitrogens with zero attached hydrogens (tertiary/aromatic N) is 1. The Morgan fingerprint density at radius 2 is 2.05 bits per heavy atom. The summed E-state index contributed by atoms with van der Waals surface area (Å²) in [5, 5.41) is 2.99. The summed E-state index contributed by atoms with van der Waals surface area (Å²) in [6.45, 7) is 5.93. The van der Waals surface area contributed by atoms with E-state index in [1.54, 1.807) is 12.4 Å². The lowest BCUT2D eigenvalue weighted by atomic mass is 10.0. The van der Waals surface area contributed by atoms with Crippen LogP contribution in [0.2, 0.25) is 0 Å².